The molecule has 0 heterocycles. The molecule has 2 aliphatic carbocycles. The van der Waals surface area contributed by atoms with Crippen molar-refractivity contribution in [1.82, 2.24) is 0 Å². The van der Waals surface area contributed by atoms with E-state index in [-0.39, 0.29) is 5.41 Å². The van der Waals surface area contributed by atoms with Crippen molar-refractivity contribution in [3.63, 3.8) is 0 Å². The van der Waals surface area contributed by atoms with Gasteiger partial charge in [-0.15, -0.1) is 0 Å². The second-order valence-corrected chi connectivity index (χ2v) is 8.12. The van der Waals surface area contributed by atoms with Crippen molar-refractivity contribution in [2.75, 3.05) is 0 Å². The van der Waals surface area contributed by atoms with Crippen molar-refractivity contribution in [2.24, 2.45) is 16.7 Å². The van der Waals surface area contributed by atoms with Gasteiger partial charge in [-0.25, -0.2) is 0 Å². The predicted molar refractivity (Wildman–Crippen MR) is 95.4 cm³/mol. The van der Waals surface area contributed by atoms with Gasteiger partial charge >= 0.3 is 0 Å². The van der Waals surface area contributed by atoms with Crippen molar-refractivity contribution >= 4 is 0 Å². The molecule has 0 aliphatic heterocycles. The molecule has 0 aromatic heterocycles. The number of benzene rings is 2. The van der Waals surface area contributed by atoms with Crippen molar-refractivity contribution < 1.29 is 10.2 Å². The minimum absolute atomic E-state index is 0.118. The lowest BCUT2D eigenvalue weighted by atomic mass is 9.54. The molecule has 2 aromatic carbocycles. The zero-order valence-electron chi connectivity index (χ0n) is 14.4. The zero-order valence-corrected chi connectivity index (χ0v) is 14.4. The first-order valence-corrected chi connectivity index (χ1v) is 8.96. The number of aliphatic hydroxyl groups is 2. The van der Waals surface area contributed by atoms with Crippen LogP contribution >= 0.6 is 0 Å². The van der Waals surface area contributed by atoms with Crippen LogP contribution < -0.4 is 0 Å². The summed E-state index contributed by atoms with van der Waals surface area (Å²) < 4.78 is 0. The molecule has 2 N–H and O–H groups in total. The smallest absolute Gasteiger partial charge is 0.123 e. The Morgan fingerprint density at radius 2 is 1.42 bits per heavy atom. The van der Waals surface area contributed by atoms with Gasteiger partial charge in [-0.2, -0.15) is 0 Å². The highest BCUT2D eigenvalue weighted by Gasteiger charge is 2.72. The van der Waals surface area contributed by atoms with E-state index in [0.717, 1.165) is 30.4 Å². The van der Waals surface area contributed by atoms with Crippen LogP contribution in [0.15, 0.2) is 60.7 Å². The summed E-state index contributed by atoms with van der Waals surface area (Å²) in [5.41, 5.74) is -0.110. The number of hydrogen-bond acceptors (Lipinski definition) is 2. The Balaban J connectivity index is 2.02. The molecule has 0 spiro atoms. The zero-order chi connectivity index (χ0) is 17.0. The molecule has 2 aliphatic rings. The minimum atomic E-state index is -1.19. The van der Waals surface area contributed by atoms with Crippen LogP contribution in [0.2, 0.25) is 0 Å². The number of fused-ring (bicyclic) bond motifs is 2. The Labute approximate surface area is 144 Å². The van der Waals surface area contributed by atoms with Gasteiger partial charge in [0.2, 0.25) is 0 Å². The van der Waals surface area contributed by atoms with Gasteiger partial charge in [0.25, 0.3) is 0 Å². The van der Waals surface area contributed by atoms with Crippen molar-refractivity contribution in [1.29, 1.82) is 0 Å². The third-order valence-corrected chi connectivity index (χ3v) is 7.16. The third kappa shape index (κ3) is 1.73. The van der Waals surface area contributed by atoms with E-state index in [1.165, 1.54) is 0 Å². The van der Waals surface area contributed by atoms with Crippen molar-refractivity contribution in [3.05, 3.63) is 71.8 Å². The summed E-state index contributed by atoms with van der Waals surface area (Å²) in [5.74, 6) is 0.464. The van der Waals surface area contributed by atoms with Crippen LogP contribution in [0.25, 0.3) is 0 Å². The van der Waals surface area contributed by atoms with Gasteiger partial charge in [-0.1, -0.05) is 74.5 Å². The minimum Gasteiger partial charge on any atom is -0.392 e. The summed E-state index contributed by atoms with van der Waals surface area (Å²) in [7, 11) is 0. The summed E-state index contributed by atoms with van der Waals surface area (Å²) in [5, 5.41) is 23.4. The van der Waals surface area contributed by atoms with Gasteiger partial charge in [-0.05, 0) is 41.7 Å². The topological polar surface area (TPSA) is 40.5 Å². The van der Waals surface area contributed by atoms with Gasteiger partial charge in [-0.3, -0.25) is 0 Å². The van der Waals surface area contributed by atoms with E-state index in [0.29, 0.717) is 5.92 Å². The largest absolute Gasteiger partial charge is 0.392 e. The fraction of sp³-hybridized carbons (Fsp3) is 0.455. The number of hydrogen-bond donors (Lipinski definition) is 2. The fourth-order valence-corrected chi connectivity index (χ4v) is 5.86. The van der Waals surface area contributed by atoms with Gasteiger partial charge in [0, 0.05) is 5.41 Å². The molecule has 2 heteroatoms. The average molecular weight is 322 g/mol. The van der Waals surface area contributed by atoms with Crippen LogP contribution in [0.4, 0.5) is 0 Å². The van der Waals surface area contributed by atoms with Gasteiger partial charge in [0.1, 0.15) is 5.60 Å². The molecule has 2 aromatic rings. The first-order valence-electron chi connectivity index (χ1n) is 8.96. The van der Waals surface area contributed by atoms with Crippen molar-refractivity contribution in [2.45, 2.75) is 44.8 Å². The molecule has 2 fully saturated rings. The van der Waals surface area contributed by atoms with E-state index in [9.17, 15) is 10.2 Å². The van der Waals surface area contributed by atoms with Gasteiger partial charge in [0.05, 0.1) is 6.10 Å². The number of aliphatic hydroxyl groups excluding tert-OH is 1. The molecule has 2 saturated carbocycles. The van der Waals surface area contributed by atoms with Gasteiger partial charge in [0.15, 0.2) is 0 Å². The first-order chi connectivity index (χ1) is 11.4. The normalized spacial score (nSPS) is 31.3. The van der Waals surface area contributed by atoms with E-state index in [1.54, 1.807) is 0 Å². The second kappa shape index (κ2) is 5.18. The highest BCUT2D eigenvalue weighted by Crippen LogP contribution is 2.72. The maximum atomic E-state index is 12.3. The lowest BCUT2D eigenvalue weighted by molar-refractivity contribution is -0.152. The Bertz CT molecular complexity index is 683. The molecule has 4 rings (SSSR count). The fourth-order valence-electron chi connectivity index (χ4n) is 5.86. The second-order valence-electron chi connectivity index (χ2n) is 8.12. The molecule has 3 atom stereocenters. The summed E-state index contributed by atoms with van der Waals surface area (Å²) >= 11 is 0. The molecule has 0 radical (unpaired) electrons. The van der Waals surface area contributed by atoms with Gasteiger partial charge < -0.3 is 10.2 Å². The summed E-state index contributed by atoms with van der Waals surface area (Å²) in [6, 6.07) is 19.8. The summed E-state index contributed by atoms with van der Waals surface area (Å²) in [6.45, 7) is 4.47. The molecule has 0 saturated heterocycles. The highest BCUT2D eigenvalue weighted by molar-refractivity contribution is 5.42. The first kappa shape index (κ1) is 15.9. The van der Waals surface area contributed by atoms with Crippen LogP contribution in [0.1, 0.15) is 44.2 Å². The third-order valence-electron chi connectivity index (χ3n) is 7.16. The standard InChI is InChI=1S/C22H26O2/c1-20(2)18-13-14-21(20,19(23)15-18)22(24,16-9-5-3-6-10-16)17-11-7-4-8-12-17/h3-12,18-19,23-24H,13-15H2,1-2H3/t18-,19-,21-/m1/s1. The quantitative estimate of drug-likeness (QED) is 0.893. The van der Waals surface area contributed by atoms with Crippen molar-refractivity contribution in [3.8, 4) is 0 Å². The lowest BCUT2D eigenvalue weighted by Gasteiger charge is -2.53. The Morgan fingerprint density at radius 3 is 1.79 bits per heavy atom. The van der Waals surface area contributed by atoms with Crippen LogP contribution in [-0.2, 0) is 5.60 Å². The summed E-state index contributed by atoms with van der Waals surface area (Å²) in [6.07, 6.45) is 2.23. The van der Waals surface area contributed by atoms with E-state index >= 15 is 0 Å². The van der Waals surface area contributed by atoms with Crippen LogP contribution in [-0.4, -0.2) is 16.3 Å². The number of rotatable bonds is 3. The molecule has 0 unspecified atom stereocenters. The SMILES string of the molecule is CC1(C)[C@@H]2CC[C@@]1(C(O)(c1ccccc1)c1ccccc1)[C@H](O)C2. The molecule has 126 valence electrons. The average Bonchev–Trinajstić information content (AvgIpc) is 2.98. The van der Waals surface area contributed by atoms with Crippen LogP contribution in [0.5, 0.6) is 0 Å². The lowest BCUT2D eigenvalue weighted by Crippen LogP contribution is -2.56. The molecule has 2 nitrogen and oxygen atoms in total. The molecular weight excluding hydrogens is 296 g/mol. The van der Waals surface area contributed by atoms with E-state index in [1.807, 2.05) is 60.7 Å². The molecule has 24 heavy (non-hydrogen) atoms. The van der Waals surface area contributed by atoms with E-state index < -0.39 is 17.1 Å². The summed E-state index contributed by atoms with van der Waals surface area (Å²) in [4.78, 5) is 0. The Kier molecular flexibility index (Phi) is 3.42. The van der Waals surface area contributed by atoms with Crippen LogP contribution in [0, 0.1) is 16.7 Å². The molecular formula is C22H26O2. The van der Waals surface area contributed by atoms with E-state index in [4.69, 9.17) is 0 Å². The monoisotopic (exact) mass is 322 g/mol. The maximum Gasteiger partial charge on any atom is 0.123 e. The van der Waals surface area contributed by atoms with E-state index in [2.05, 4.69) is 13.8 Å². The predicted octanol–water partition coefficient (Wildman–Crippen LogP) is 4.11. The molecule has 0 amide bonds. The Hall–Kier alpha value is -1.64. The molecule has 2 bridgehead atoms. The maximum absolute atomic E-state index is 12.3. The Morgan fingerprint density at radius 1 is 0.917 bits per heavy atom. The van der Waals surface area contributed by atoms with Crippen LogP contribution in [0.3, 0.4) is 0 Å². The highest BCUT2D eigenvalue weighted by atomic mass is 16.3.